The Hall–Kier alpha value is -2.90. The highest BCUT2D eigenvalue weighted by Crippen LogP contribution is 2.11. The van der Waals surface area contributed by atoms with Gasteiger partial charge in [-0.1, -0.05) is 12.1 Å². The zero-order valence-corrected chi connectivity index (χ0v) is 13.0. The minimum atomic E-state index is -0.405. The average Bonchev–Trinajstić information content (AvgIpc) is 3.08. The van der Waals surface area contributed by atoms with Gasteiger partial charge in [0, 0.05) is 51.2 Å². The lowest BCUT2D eigenvalue weighted by Crippen LogP contribution is -2.37. The second-order valence-corrected chi connectivity index (χ2v) is 4.90. The maximum atomic E-state index is 10.6. The van der Waals surface area contributed by atoms with E-state index in [4.69, 9.17) is 0 Å². The van der Waals surface area contributed by atoms with Crippen molar-refractivity contribution in [2.24, 2.45) is 4.99 Å². The van der Waals surface area contributed by atoms with E-state index in [9.17, 15) is 10.1 Å². The summed E-state index contributed by atoms with van der Waals surface area (Å²) in [7, 11) is 1.71. The first kappa shape index (κ1) is 16.5. The van der Waals surface area contributed by atoms with Crippen LogP contribution >= 0.6 is 0 Å². The molecule has 2 aromatic rings. The van der Waals surface area contributed by atoms with Gasteiger partial charge in [-0.25, -0.2) is 0 Å². The van der Waals surface area contributed by atoms with Crippen molar-refractivity contribution in [3.8, 4) is 0 Å². The molecule has 122 valence electrons. The third kappa shape index (κ3) is 5.42. The van der Waals surface area contributed by atoms with E-state index in [0.29, 0.717) is 12.5 Å². The van der Waals surface area contributed by atoms with Crippen LogP contribution in [0.25, 0.3) is 0 Å². The summed E-state index contributed by atoms with van der Waals surface area (Å²) >= 11 is 0. The molecule has 0 saturated heterocycles. The van der Waals surface area contributed by atoms with Gasteiger partial charge in [0.15, 0.2) is 5.96 Å². The first-order valence-corrected chi connectivity index (χ1v) is 7.34. The summed E-state index contributed by atoms with van der Waals surface area (Å²) < 4.78 is 1.88. The number of rotatable bonds is 7. The molecule has 8 heteroatoms. The van der Waals surface area contributed by atoms with Gasteiger partial charge in [-0.05, 0) is 18.1 Å². The van der Waals surface area contributed by atoms with Gasteiger partial charge in [-0.3, -0.25) is 19.8 Å². The molecule has 0 unspecified atom stereocenters. The lowest BCUT2D eigenvalue weighted by molar-refractivity contribution is -0.384. The standard InChI is InChI=1S/C15H20N6O2/c1-16-15(17-8-2-10-20-11-3-9-19-20)18-12-13-4-6-14(7-5-13)21(22)23/h3-7,9,11H,2,8,10,12H2,1H3,(H2,16,17,18). The Morgan fingerprint density at radius 1 is 1.35 bits per heavy atom. The Labute approximate surface area is 134 Å². The summed E-state index contributed by atoms with van der Waals surface area (Å²) in [6, 6.07) is 8.36. The molecule has 1 aromatic carbocycles. The van der Waals surface area contributed by atoms with Gasteiger partial charge in [0.05, 0.1) is 4.92 Å². The number of guanidine groups is 1. The maximum Gasteiger partial charge on any atom is 0.269 e. The molecule has 0 saturated carbocycles. The zero-order chi connectivity index (χ0) is 16.5. The van der Waals surface area contributed by atoms with Gasteiger partial charge >= 0.3 is 0 Å². The largest absolute Gasteiger partial charge is 0.356 e. The lowest BCUT2D eigenvalue weighted by Gasteiger charge is -2.12. The number of nitro benzene ring substituents is 1. The third-order valence-corrected chi connectivity index (χ3v) is 3.25. The van der Waals surface area contributed by atoms with Crippen molar-refractivity contribution >= 4 is 11.6 Å². The molecule has 0 aliphatic carbocycles. The first-order chi connectivity index (χ1) is 11.2. The fourth-order valence-corrected chi connectivity index (χ4v) is 2.02. The van der Waals surface area contributed by atoms with Crippen molar-refractivity contribution in [1.29, 1.82) is 0 Å². The van der Waals surface area contributed by atoms with E-state index in [1.807, 2.05) is 16.9 Å². The molecule has 1 heterocycles. The highest BCUT2D eigenvalue weighted by molar-refractivity contribution is 5.79. The smallest absolute Gasteiger partial charge is 0.269 e. The molecule has 0 atom stereocenters. The van der Waals surface area contributed by atoms with Gasteiger partial charge in [-0.2, -0.15) is 5.10 Å². The van der Waals surface area contributed by atoms with E-state index in [1.165, 1.54) is 12.1 Å². The number of aromatic nitrogens is 2. The van der Waals surface area contributed by atoms with Crippen molar-refractivity contribution in [2.75, 3.05) is 13.6 Å². The Kier molecular flexibility index (Phi) is 6.10. The predicted molar refractivity (Wildman–Crippen MR) is 88.1 cm³/mol. The summed E-state index contributed by atoms with van der Waals surface area (Å²) in [5.74, 6) is 0.698. The number of aliphatic imine (C=N–C) groups is 1. The maximum absolute atomic E-state index is 10.6. The summed E-state index contributed by atoms with van der Waals surface area (Å²) in [5.41, 5.74) is 1.05. The van der Waals surface area contributed by atoms with Crippen LogP contribution in [-0.2, 0) is 13.1 Å². The van der Waals surface area contributed by atoms with Crippen LogP contribution in [-0.4, -0.2) is 34.3 Å². The highest BCUT2D eigenvalue weighted by Gasteiger charge is 2.04. The molecule has 0 radical (unpaired) electrons. The normalized spacial score (nSPS) is 11.3. The second kappa shape index (κ2) is 8.52. The van der Waals surface area contributed by atoms with Crippen molar-refractivity contribution in [1.82, 2.24) is 20.4 Å². The zero-order valence-electron chi connectivity index (χ0n) is 13.0. The first-order valence-electron chi connectivity index (χ1n) is 7.34. The molecule has 8 nitrogen and oxygen atoms in total. The van der Waals surface area contributed by atoms with E-state index in [0.717, 1.165) is 25.1 Å². The van der Waals surface area contributed by atoms with Crippen molar-refractivity contribution < 1.29 is 4.92 Å². The van der Waals surface area contributed by atoms with E-state index in [-0.39, 0.29) is 5.69 Å². The summed E-state index contributed by atoms with van der Waals surface area (Å²) in [6.07, 6.45) is 4.62. The van der Waals surface area contributed by atoms with Gasteiger partial charge < -0.3 is 10.6 Å². The van der Waals surface area contributed by atoms with Gasteiger partial charge in [0.1, 0.15) is 0 Å². The van der Waals surface area contributed by atoms with Crippen LogP contribution in [0.4, 0.5) is 5.69 Å². The Balaban J connectivity index is 1.71. The predicted octanol–water partition coefficient (Wildman–Crippen LogP) is 1.55. The highest BCUT2D eigenvalue weighted by atomic mass is 16.6. The number of nitro groups is 1. The average molecular weight is 316 g/mol. The van der Waals surface area contributed by atoms with E-state index in [2.05, 4.69) is 20.7 Å². The molecule has 0 aliphatic heterocycles. The number of hydrogen-bond donors (Lipinski definition) is 2. The summed E-state index contributed by atoms with van der Waals surface area (Å²) in [6.45, 7) is 2.18. The van der Waals surface area contributed by atoms with Gasteiger partial charge in [0.2, 0.25) is 0 Å². The summed E-state index contributed by atoms with van der Waals surface area (Å²) in [4.78, 5) is 14.4. The minimum Gasteiger partial charge on any atom is -0.356 e. The van der Waals surface area contributed by atoms with Crippen molar-refractivity contribution in [3.63, 3.8) is 0 Å². The van der Waals surface area contributed by atoms with Crippen LogP contribution in [0.2, 0.25) is 0 Å². The molecule has 23 heavy (non-hydrogen) atoms. The van der Waals surface area contributed by atoms with E-state index >= 15 is 0 Å². The molecule has 0 amide bonds. The Morgan fingerprint density at radius 3 is 2.74 bits per heavy atom. The van der Waals surface area contributed by atoms with Crippen LogP contribution in [0, 0.1) is 10.1 Å². The van der Waals surface area contributed by atoms with Crippen LogP contribution < -0.4 is 10.6 Å². The lowest BCUT2D eigenvalue weighted by atomic mass is 10.2. The van der Waals surface area contributed by atoms with Gasteiger partial charge in [-0.15, -0.1) is 0 Å². The number of non-ortho nitro benzene ring substituents is 1. The van der Waals surface area contributed by atoms with Crippen LogP contribution in [0.1, 0.15) is 12.0 Å². The SMILES string of the molecule is CN=C(NCCCn1cccn1)NCc1ccc([N+](=O)[O-])cc1. The monoisotopic (exact) mass is 316 g/mol. The fourth-order valence-electron chi connectivity index (χ4n) is 2.02. The number of aryl methyl sites for hydroxylation is 1. The van der Waals surface area contributed by atoms with Crippen LogP contribution in [0.3, 0.4) is 0 Å². The van der Waals surface area contributed by atoms with Gasteiger partial charge in [0.25, 0.3) is 5.69 Å². The van der Waals surface area contributed by atoms with E-state index in [1.54, 1.807) is 25.4 Å². The summed E-state index contributed by atoms with van der Waals surface area (Å²) in [5, 5.41) is 21.2. The Morgan fingerprint density at radius 2 is 2.13 bits per heavy atom. The molecule has 2 rings (SSSR count). The third-order valence-electron chi connectivity index (χ3n) is 3.25. The number of hydrogen-bond acceptors (Lipinski definition) is 4. The van der Waals surface area contributed by atoms with Crippen LogP contribution in [0.15, 0.2) is 47.7 Å². The number of benzene rings is 1. The van der Waals surface area contributed by atoms with Crippen LogP contribution in [0.5, 0.6) is 0 Å². The molecule has 0 spiro atoms. The van der Waals surface area contributed by atoms with Crippen molar-refractivity contribution in [2.45, 2.75) is 19.5 Å². The fraction of sp³-hybridized carbons (Fsp3) is 0.333. The number of nitrogens with zero attached hydrogens (tertiary/aromatic N) is 4. The minimum absolute atomic E-state index is 0.0925. The van der Waals surface area contributed by atoms with Crippen molar-refractivity contribution in [3.05, 3.63) is 58.4 Å². The second-order valence-electron chi connectivity index (χ2n) is 4.90. The topological polar surface area (TPSA) is 97.4 Å². The molecule has 0 aliphatic rings. The molecular weight excluding hydrogens is 296 g/mol. The van der Waals surface area contributed by atoms with E-state index < -0.39 is 4.92 Å². The molecule has 0 fully saturated rings. The Bertz CT molecular complexity index is 636. The number of nitrogens with one attached hydrogen (secondary N) is 2. The molecule has 1 aromatic heterocycles. The molecule has 2 N–H and O–H groups in total. The molecule has 0 bridgehead atoms. The quantitative estimate of drug-likeness (QED) is 0.265. The molecular formula is C15H20N6O2.